The fraction of sp³-hybridized carbons (Fsp3) is 0.0870. The Hall–Kier alpha value is -3.13. The van der Waals surface area contributed by atoms with Crippen molar-refractivity contribution in [3.63, 3.8) is 0 Å². The van der Waals surface area contributed by atoms with E-state index in [1.54, 1.807) is 6.08 Å². The van der Waals surface area contributed by atoms with Crippen molar-refractivity contribution in [1.82, 2.24) is 0 Å². The summed E-state index contributed by atoms with van der Waals surface area (Å²) in [5.41, 5.74) is 3.94. The highest BCUT2D eigenvalue weighted by Crippen LogP contribution is 2.15. The third kappa shape index (κ3) is 4.92. The van der Waals surface area contributed by atoms with Gasteiger partial charge in [0.15, 0.2) is 5.78 Å². The summed E-state index contributed by atoms with van der Waals surface area (Å²) in [6.45, 7) is 2.55. The minimum Gasteiger partial charge on any atom is -0.489 e. The molecule has 2 heteroatoms. The van der Waals surface area contributed by atoms with E-state index in [0.29, 0.717) is 12.2 Å². The van der Waals surface area contributed by atoms with Gasteiger partial charge in [0.1, 0.15) is 12.4 Å². The monoisotopic (exact) mass is 328 g/mol. The fourth-order valence-corrected chi connectivity index (χ4v) is 2.40. The number of allylic oxidation sites excluding steroid dienone is 1. The van der Waals surface area contributed by atoms with E-state index >= 15 is 0 Å². The Morgan fingerprint density at radius 2 is 1.56 bits per heavy atom. The van der Waals surface area contributed by atoms with Crippen LogP contribution in [0.15, 0.2) is 84.9 Å². The number of rotatable bonds is 6. The molecule has 25 heavy (non-hydrogen) atoms. The van der Waals surface area contributed by atoms with E-state index in [1.165, 1.54) is 0 Å². The summed E-state index contributed by atoms with van der Waals surface area (Å²) < 4.78 is 5.76. The minimum atomic E-state index is 0.00408. The van der Waals surface area contributed by atoms with Crippen LogP contribution in [0.1, 0.15) is 27.0 Å². The minimum absolute atomic E-state index is 0.00408. The van der Waals surface area contributed by atoms with Crippen LogP contribution in [-0.2, 0) is 6.61 Å². The van der Waals surface area contributed by atoms with E-state index < -0.39 is 0 Å². The lowest BCUT2D eigenvalue weighted by molar-refractivity contribution is 0.104. The Morgan fingerprint density at radius 1 is 0.880 bits per heavy atom. The number of benzene rings is 3. The number of hydrogen-bond acceptors (Lipinski definition) is 2. The van der Waals surface area contributed by atoms with Crippen molar-refractivity contribution >= 4 is 11.9 Å². The van der Waals surface area contributed by atoms with Gasteiger partial charge >= 0.3 is 0 Å². The number of aryl methyl sites for hydroxylation is 1. The predicted molar refractivity (Wildman–Crippen MR) is 102 cm³/mol. The highest BCUT2D eigenvalue weighted by molar-refractivity contribution is 6.06. The standard InChI is InChI=1S/C23H20O2/c1-18-7-12-21(13-8-18)23(24)16-11-19-9-14-22(15-10-19)25-17-20-5-3-2-4-6-20/h2-16H,17H2,1H3/b16-11+. The van der Waals surface area contributed by atoms with Crippen LogP contribution in [-0.4, -0.2) is 5.78 Å². The molecule has 0 aliphatic heterocycles. The molecule has 0 bridgehead atoms. The molecule has 2 nitrogen and oxygen atoms in total. The van der Waals surface area contributed by atoms with Crippen LogP contribution < -0.4 is 4.74 Å². The van der Waals surface area contributed by atoms with Crippen molar-refractivity contribution in [2.24, 2.45) is 0 Å². The smallest absolute Gasteiger partial charge is 0.185 e. The van der Waals surface area contributed by atoms with Crippen LogP contribution in [0.3, 0.4) is 0 Å². The Bertz CT molecular complexity index is 845. The van der Waals surface area contributed by atoms with Crippen molar-refractivity contribution in [2.75, 3.05) is 0 Å². The number of ketones is 1. The molecule has 0 aliphatic carbocycles. The molecule has 0 radical (unpaired) electrons. The van der Waals surface area contributed by atoms with Gasteiger partial charge in [-0.2, -0.15) is 0 Å². The number of carbonyl (C=O) groups is 1. The van der Waals surface area contributed by atoms with Crippen molar-refractivity contribution < 1.29 is 9.53 Å². The zero-order chi connectivity index (χ0) is 17.5. The first kappa shape index (κ1) is 16.7. The van der Waals surface area contributed by atoms with Gasteiger partial charge in [0, 0.05) is 5.56 Å². The molecule has 0 fully saturated rings. The van der Waals surface area contributed by atoms with Crippen LogP contribution in [0.2, 0.25) is 0 Å². The SMILES string of the molecule is Cc1ccc(C(=O)/C=C/c2ccc(OCc3ccccc3)cc2)cc1. The lowest BCUT2D eigenvalue weighted by Gasteiger charge is -2.06. The average Bonchev–Trinajstić information content (AvgIpc) is 2.67. The summed E-state index contributed by atoms with van der Waals surface area (Å²) in [5.74, 6) is 0.815. The average molecular weight is 328 g/mol. The summed E-state index contributed by atoms with van der Waals surface area (Å²) in [7, 11) is 0. The molecular weight excluding hydrogens is 308 g/mol. The van der Waals surface area contributed by atoms with Gasteiger partial charge in [-0.25, -0.2) is 0 Å². The van der Waals surface area contributed by atoms with Gasteiger partial charge in [0.2, 0.25) is 0 Å². The third-order valence-electron chi connectivity index (χ3n) is 3.89. The van der Waals surface area contributed by atoms with Crippen molar-refractivity contribution in [3.8, 4) is 5.75 Å². The van der Waals surface area contributed by atoms with Crippen molar-refractivity contribution in [1.29, 1.82) is 0 Å². The van der Waals surface area contributed by atoms with E-state index in [1.807, 2.05) is 91.9 Å². The fourth-order valence-electron chi connectivity index (χ4n) is 2.40. The van der Waals surface area contributed by atoms with Gasteiger partial charge in [-0.15, -0.1) is 0 Å². The molecule has 0 atom stereocenters. The van der Waals surface area contributed by atoms with Crippen LogP contribution in [0.4, 0.5) is 0 Å². The lowest BCUT2D eigenvalue weighted by atomic mass is 10.1. The molecule has 124 valence electrons. The highest BCUT2D eigenvalue weighted by atomic mass is 16.5. The normalized spacial score (nSPS) is 10.8. The predicted octanol–water partition coefficient (Wildman–Crippen LogP) is 5.47. The van der Waals surface area contributed by atoms with Gasteiger partial charge in [-0.05, 0) is 36.3 Å². The highest BCUT2D eigenvalue weighted by Gasteiger charge is 2.01. The van der Waals surface area contributed by atoms with Crippen LogP contribution in [0.5, 0.6) is 5.75 Å². The maximum atomic E-state index is 12.1. The van der Waals surface area contributed by atoms with E-state index in [2.05, 4.69) is 0 Å². The number of carbonyl (C=O) groups excluding carboxylic acids is 1. The van der Waals surface area contributed by atoms with Gasteiger partial charge in [0.25, 0.3) is 0 Å². The summed E-state index contributed by atoms with van der Waals surface area (Å²) in [5, 5.41) is 0. The zero-order valence-electron chi connectivity index (χ0n) is 14.2. The van der Waals surface area contributed by atoms with Crippen molar-refractivity contribution in [2.45, 2.75) is 13.5 Å². The van der Waals surface area contributed by atoms with Crippen LogP contribution in [0, 0.1) is 6.92 Å². The molecule has 0 aliphatic rings. The van der Waals surface area contributed by atoms with Gasteiger partial charge in [0.05, 0.1) is 0 Å². The second kappa shape index (κ2) is 8.11. The second-order valence-electron chi connectivity index (χ2n) is 5.91. The van der Waals surface area contributed by atoms with E-state index in [9.17, 15) is 4.79 Å². The maximum Gasteiger partial charge on any atom is 0.185 e. The zero-order valence-corrected chi connectivity index (χ0v) is 14.2. The third-order valence-corrected chi connectivity index (χ3v) is 3.89. The molecule has 0 amide bonds. The van der Waals surface area contributed by atoms with Gasteiger partial charge < -0.3 is 4.74 Å². The van der Waals surface area contributed by atoms with Crippen LogP contribution >= 0.6 is 0 Å². The Kier molecular flexibility index (Phi) is 5.43. The molecule has 3 rings (SSSR count). The Labute approximate surface area is 148 Å². The molecule has 0 saturated heterocycles. The summed E-state index contributed by atoms with van der Waals surface area (Å²) >= 11 is 0. The molecule has 0 unspecified atom stereocenters. The molecule has 0 spiro atoms. The first-order valence-corrected chi connectivity index (χ1v) is 8.26. The van der Waals surface area contributed by atoms with Gasteiger partial charge in [-0.3, -0.25) is 4.79 Å². The van der Waals surface area contributed by atoms with Crippen LogP contribution in [0.25, 0.3) is 6.08 Å². The lowest BCUT2D eigenvalue weighted by Crippen LogP contribution is -1.95. The Morgan fingerprint density at radius 3 is 2.24 bits per heavy atom. The molecule has 0 N–H and O–H groups in total. The molecule has 0 aromatic heterocycles. The molecule has 3 aromatic carbocycles. The Balaban J connectivity index is 1.58. The molecule has 0 heterocycles. The number of hydrogen-bond donors (Lipinski definition) is 0. The summed E-state index contributed by atoms with van der Waals surface area (Å²) in [4.78, 5) is 12.1. The second-order valence-corrected chi connectivity index (χ2v) is 5.91. The molecule has 0 saturated carbocycles. The molecule has 3 aromatic rings. The van der Waals surface area contributed by atoms with E-state index in [0.717, 1.165) is 22.4 Å². The summed E-state index contributed by atoms with van der Waals surface area (Å²) in [6.07, 6.45) is 3.42. The first-order valence-electron chi connectivity index (χ1n) is 8.26. The quantitative estimate of drug-likeness (QED) is 0.443. The number of ether oxygens (including phenoxy) is 1. The van der Waals surface area contributed by atoms with Gasteiger partial charge in [-0.1, -0.05) is 78.4 Å². The maximum absolute atomic E-state index is 12.1. The summed E-state index contributed by atoms with van der Waals surface area (Å²) in [6, 6.07) is 25.4. The first-order chi connectivity index (χ1) is 12.2. The topological polar surface area (TPSA) is 26.3 Å². The molecular formula is C23H20O2. The largest absolute Gasteiger partial charge is 0.489 e. The van der Waals surface area contributed by atoms with Crippen molar-refractivity contribution in [3.05, 3.63) is 107 Å². The van der Waals surface area contributed by atoms with E-state index in [4.69, 9.17) is 4.74 Å². The van der Waals surface area contributed by atoms with E-state index in [-0.39, 0.29) is 5.78 Å².